The van der Waals surface area contributed by atoms with Crippen LogP contribution in [0.2, 0.25) is 5.02 Å². The van der Waals surface area contributed by atoms with E-state index in [-0.39, 0.29) is 35.4 Å². The predicted molar refractivity (Wildman–Crippen MR) is 174 cm³/mol. The first-order valence-corrected chi connectivity index (χ1v) is 15.3. The summed E-state index contributed by atoms with van der Waals surface area (Å²) in [5.74, 6) is -0.756. The number of fused-ring (bicyclic) bond motifs is 1. The number of thiol groups is 1. The van der Waals surface area contributed by atoms with E-state index < -0.39 is 11.6 Å². The van der Waals surface area contributed by atoms with Gasteiger partial charge in [-0.25, -0.2) is 23.1 Å². The van der Waals surface area contributed by atoms with E-state index in [1.165, 1.54) is 24.3 Å². The highest BCUT2D eigenvalue weighted by Gasteiger charge is 2.21. The highest BCUT2D eigenvalue weighted by molar-refractivity contribution is 7.79. The van der Waals surface area contributed by atoms with Crippen molar-refractivity contribution in [2.75, 3.05) is 32.6 Å². The van der Waals surface area contributed by atoms with E-state index in [0.717, 1.165) is 41.8 Å². The van der Waals surface area contributed by atoms with Gasteiger partial charge in [0.05, 0.1) is 17.8 Å². The minimum atomic E-state index is -0.625. The van der Waals surface area contributed by atoms with E-state index in [1.54, 1.807) is 12.3 Å². The van der Waals surface area contributed by atoms with Crippen molar-refractivity contribution in [2.45, 2.75) is 33.9 Å². The summed E-state index contributed by atoms with van der Waals surface area (Å²) in [6.45, 7) is 8.81. The van der Waals surface area contributed by atoms with Gasteiger partial charge in [-0.3, -0.25) is 9.69 Å². The summed E-state index contributed by atoms with van der Waals surface area (Å²) in [4.78, 5) is 19.4. The van der Waals surface area contributed by atoms with Crippen LogP contribution in [0.1, 0.15) is 36.6 Å². The average Bonchev–Trinajstić information content (AvgIpc) is 3.60. The molecule has 1 aliphatic rings. The Labute approximate surface area is 271 Å². The molecule has 4 aromatic rings. The molecule has 1 aliphatic heterocycles. The average molecular weight is 667 g/mol. The van der Waals surface area contributed by atoms with Crippen molar-refractivity contribution in [1.82, 2.24) is 19.4 Å². The van der Waals surface area contributed by atoms with Crippen LogP contribution in [0.5, 0.6) is 5.75 Å². The van der Waals surface area contributed by atoms with Gasteiger partial charge in [-0.1, -0.05) is 17.7 Å². The fraction of sp³-hybridized carbons (Fsp3) is 0.344. The minimum Gasteiger partial charge on any atom is -0.484 e. The van der Waals surface area contributed by atoms with Gasteiger partial charge in [0.25, 0.3) is 6.47 Å². The molecule has 45 heavy (non-hydrogen) atoms. The van der Waals surface area contributed by atoms with Gasteiger partial charge in [-0.15, -0.1) is 0 Å². The maximum absolute atomic E-state index is 14.4. The lowest BCUT2D eigenvalue weighted by atomic mass is 10.1. The normalized spacial score (nSPS) is 12.3. The van der Waals surface area contributed by atoms with Crippen LogP contribution in [-0.4, -0.2) is 63.6 Å². The molecule has 3 heterocycles. The molecule has 0 spiro atoms. The molecule has 0 aliphatic carbocycles. The van der Waals surface area contributed by atoms with Gasteiger partial charge in [0.1, 0.15) is 29.5 Å². The molecule has 13 heteroatoms. The van der Waals surface area contributed by atoms with Crippen molar-refractivity contribution < 1.29 is 32.5 Å². The van der Waals surface area contributed by atoms with Crippen molar-refractivity contribution in [3.05, 3.63) is 93.8 Å². The van der Waals surface area contributed by atoms with Crippen LogP contribution in [-0.2, 0) is 29.7 Å². The third-order valence-electron chi connectivity index (χ3n) is 6.45. The number of halogens is 4. The standard InChI is InChI=1S/C26H22ClF3N4O.C4H10O.CH2O2.CH4S/c1-15-9-20(30)26-23(10-15)33(2)25(32-26)13-34-8-7-16(12-34)21-5-4-18(28)22(31-21)14-35-24-6-3-17(27)11-19(24)29;1-3-5-4-2;2-1-3;1-2/h3-7,9-11H,8,12-14H2,1-2H3;3-4H2,1-2H3;1H,(H,2,3);2H,1H3. The summed E-state index contributed by atoms with van der Waals surface area (Å²) in [6.07, 6.45) is 3.72. The van der Waals surface area contributed by atoms with Crippen molar-refractivity contribution in [3.8, 4) is 5.75 Å². The summed E-state index contributed by atoms with van der Waals surface area (Å²) in [5.41, 5.74) is 3.60. The van der Waals surface area contributed by atoms with Gasteiger partial charge in [0, 0.05) is 38.4 Å². The third-order valence-corrected chi connectivity index (χ3v) is 6.68. The molecule has 5 rings (SSSR count). The van der Waals surface area contributed by atoms with E-state index >= 15 is 0 Å². The topological polar surface area (TPSA) is 89.7 Å². The van der Waals surface area contributed by atoms with E-state index in [1.807, 2.05) is 44.5 Å². The van der Waals surface area contributed by atoms with Gasteiger partial charge < -0.3 is 19.1 Å². The zero-order chi connectivity index (χ0) is 33.5. The molecule has 8 nitrogen and oxygen atoms in total. The molecule has 244 valence electrons. The van der Waals surface area contributed by atoms with Gasteiger partial charge in [0.15, 0.2) is 17.4 Å². The highest BCUT2D eigenvalue weighted by Crippen LogP contribution is 2.26. The van der Waals surface area contributed by atoms with Crippen LogP contribution in [0, 0.1) is 24.4 Å². The number of hydrogen-bond acceptors (Lipinski definition) is 7. The zero-order valence-electron chi connectivity index (χ0n) is 25.9. The third kappa shape index (κ3) is 10.8. The SMILES string of the molecule is CCOCC.CS.Cc1cc(F)c2nc(CN3CC=C(c4ccc(F)c(COc5ccc(Cl)cc5F)n4)C3)n(C)c2c1.O=CO. The van der Waals surface area contributed by atoms with Gasteiger partial charge >= 0.3 is 0 Å². The summed E-state index contributed by atoms with van der Waals surface area (Å²) in [6, 6.07) is 10.4. The summed E-state index contributed by atoms with van der Waals surface area (Å²) >= 11 is 9.29. The monoisotopic (exact) mass is 666 g/mol. The summed E-state index contributed by atoms with van der Waals surface area (Å²) in [7, 11) is 1.88. The van der Waals surface area contributed by atoms with Gasteiger partial charge in [-0.2, -0.15) is 12.6 Å². The van der Waals surface area contributed by atoms with Crippen LogP contribution < -0.4 is 4.74 Å². The van der Waals surface area contributed by atoms with E-state index in [2.05, 4.69) is 27.5 Å². The molecule has 2 aromatic heterocycles. The van der Waals surface area contributed by atoms with E-state index in [9.17, 15) is 13.2 Å². The number of rotatable bonds is 8. The Morgan fingerprint density at radius 2 is 1.71 bits per heavy atom. The Morgan fingerprint density at radius 1 is 1.02 bits per heavy atom. The van der Waals surface area contributed by atoms with Crippen LogP contribution in [0.4, 0.5) is 13.2 Å². The summed E-state index contributed by atoms with van der Waals surface area (Å²) < 4.78 is 54.9. The maximum Gasteiger partial charge on any atom is 0.290 e. The number of imidazole rings is 1. The Kier molecular flexibility index (Phi) is 15.9. The number of hydrogen-bond donors (Lipinski definition) is 2. The maximum atomic E-state index is 14.4. The molecular formula is C32H38ClF3N4O4S. The molecule has 0 radical (unpaired) electrons. The van der Waals surface area contributed by atoms with E-state index in [4.69, 9.17) is 31.0 Å². The second-order valence-corrected chi connectivity index (χ2v) is 9.91. The fourth-order valence-electron chi connectivity index (χ4n) is 4.39. The lowest BCUT2D eigenvalue weighted by Gasteiger charge is -2.16. The van der Waals surface area contributed by atoms with Crippen LogP contribution >= 0.6 is 24.2 Å². The first kappa shape index (κ1) is 37.6. The Hall–Kier alpha value is -3.58. The number of aromatic nitrogens is 3. The fourth-order valence-corrected chi connectivity index (χ4v) is 4.55. The van der Waals surface area contributed by atoms with Gasteiger partial charge in [0.2, 0.25) is 0 Å². The minimum absolute atomic E-state index is 0.0265. The number of carboxylic acid groups (broad SMARTS) is 1. The van der Waals surface area contributed by atoms with Crippen LogP contribution in [0.3, 0.4) is 0 Å². The molecule has 0 unspecified atom stereocenters. The van der Waals surface area contributed by atoms with E-state index in [0.29, 0.717) is 30.8 Å². The van der Waals surface area contributed by atoms with Crippen LogP contribution in [0.15, 0.2) is 48.5 Å². The first-order chi connectivity index (χ1) is 21.6. The molecule has 0 atom stereocenters. The zero-order valence-corrected chi connectivity index (χ0v) is 27.5. The lowest BCUT2D eigenvalue weighted by molar-refractivity contribution is -0.122. The smallest absolute Gasteiger partial charge is 0.290 e. The number of nitrogens with zero attached hydrogens (tertiary/aromatic N) is 4. The number of benzene rings is 2. The number of aryl methyl sites for hydroxylation is 2. The Morgan fingerprint density at radius 3 is 2.33 bits per heavy atom. The second kappa shape index (κ2) is 19.1. The predicted octanol–water partition coefficient (Wildman–Crippen LogP) is 7.12. The molecule has 0 saturated heterocycles. The second-order valence-electron chi connectivity index (χ2n) is 9.48. The highest BCUT2D eigenvalue weighted by atomic mass is 35.5. The van der Waals surface area contributed by atoms with Crippen molar-refractivity contribution in [3.63, 3.8) is 0 Å². The quantitative estimate of drug-likeness (QED) is 0.153. The van der Waals surface area contributed by atoms with Gasteiger partial charge in [-0.05, 0) is 80.6 Å². The van der Waals surface area contributed by atoms with Crippen molar-refractivity contribution >= 4 is 47.3 Å². The number of pyridine rings is 1. The number of carbonyl (C=O) groups is 1. The largest absolute Gasteiger partial charge is 0.484 e. The molecule has 1 N–H and O–H groups in total. The Bertz CT molecular complexity index is 1580. The Balaban J connectivity index is 0.000000624. The number of ether oxygens (including phenoxy) is 2. The van der Waals surface area contributed by atoms with Crippen LogP contribution in [0.25, 0.3) is 16.6 Å². The first-order valence-electron chi connectivity index (χ1n) is 14.0. The molecule has 0 amide bonds. The lowest BCUT2D eigenvalue weighted by Crippen LogP contribution is -2.22. The van der Waals surface area contributed by atoms with Crippen molar-refractivity contribution in [2.24, 2.45) is 7.05 Å². The molecule has 0 fully saturated rings. The van der Waals surface area contributed by atoms with Crippen molar-refractivity contribution in [1.29, 1.82) is 0 Å². The molecule has 0 bridgehead atoms. The molecule has 2 aromatic carbocycles. The molecule has 0 saturated carbocycles. The summed E-state index contributed by atoms with van der Waals surface area (Å²) in [5, 5.41) is 7.14. The molecular weight excluding hydrogens is 629 g/mol.